The molecule has 244 valence electrons. The van der Waals surface area contributed by atoms with Crippen LogP contribution in [0.15, 0.2) is 45.8 Å². The molecule has 16 heteroatoms. The average molecular weight is 637 g/mol. The molecule has 4 heterocycles. The van der Waals surface area contributed by atoms with E-state index >= 15 is 0 Å². The van der Waals surface area contributed by atoms with Crippen molar-refractivity contribution in [3.63, 3.8) is 0 Å². The predicted molar refractivity (Wildman–Crippen MR) is 148 cm³/mol. The average Bonchev–Trinajstić information content (AvgIpc) is 3.52. The third-order valence-electron chi connectivity index (χ3n) is 7.95. The van der Waals surface area contributed by atoms with Crippen LogP contribution < -0.4 is 24.4 Å². The van der Waals surface area contributed by atoms with Crippen molar-refractivity contribution >= 4 is 11.0 Å². The van der Waals surface area contributed by atoms with Crippen LogP contribution in [0.1, 0.15) is 0 Å². The Morgan fingerprint density at radius 1 is 0.800 bits per heavy atom. The van der Waals surface area contributed by atoms with Gasteiger partial charge in [0, 0.05) is 6.07 Å². The normalized spacial score (nSPS) is 32.9. The fourth-order valence-electron chi connectivity index (χ4n) is 5.42. The van der Waals surface area contributed by atoms with Crippen molar-refractivity contribution in [1.29, 1.82) is 0 Å². The molecule has 2 fully saturated rings. The van der Waals surface area contributed by atoms with E-state index in [9.17, 15) is 40.5 Å². The van der Waals surface area contributed by atoms with E-state index in [1.807, 2.05) is 0 Å². The van der Waals surface area contributed by atoms with Gasteiger partial charge in [-0.05, 0) is 23.8 Å². The van der Waals surface area contributed by atoms with Gasteiger partial charge in [-0.2, -0.15) is 0 Å². The van der Waals surface area contributed by atoms with Gasteiger partial charge in [0.05, 0.1) is 31.3 Å². The zero-order valence-electron chi connectivity index (χ0n) is 23.7. The highest BCUT2D eigenvalue weighted by Gasteiger charge is 2.51. The second-order valence-electron chi connectivity index (χ2n) is 10.7. The van der Waals surface area contributed by atoms with E-state index < -0.39 is 74.6 Å². The van der Waals surface area contributed by atoms with Crippen LogP contribution in [0, 0.1) is 0 Å². The van der Waals surface area contributed by atoms with Gasteiger partial charge in [0.15, 0.2) is 29.3 Å². The Hall–Kier alpha value is -3.55. The minimum absolute atomic E-state index is 0.0477. The minimum Gasteiger partial charge on any atom is -0.493 e. The number of hydrogen-bond donors (Lipinski definition) is 7. The SMILES string of the molecule is COc1cc2c(=O)c(-c3ccc4c(c3)OCO4)coc2cc1OC1OC(CO)C(O)C(OC2OC(CO)C(O)C(O)C2O)C1O. The number of fused-ring (bicyclic) bond motifs is 2. The maximum absolute atomic E-state index is 13.5. The zero-order valence-corrected chi connectivity index (χ0v) is 23.7. The molecule has 2 aromatic carbocycles. The molecule has 6 rings (SSSR count). The number of methoxy groups -OCH3 is 1. The molecule has 1 aromatic heterocycles. The molecule has 0 radical (unpaired) electrons. The monoisotopic (exact) mass is 636 g/mol. The summed E-state index contributed by atoms with van der Waals surface area (Å²) < 4.78 is 44.3. The molecule has 10 atom stereocenters. The van der Waals surface area contributed by atoms with Gasteiger partial charge < -0.3 is 73.3 Å². The summed E-state index contributed by atoms with van der Waals surface area (Å²) in [5, 5.41) is 71.9. The molecular weight excluding hydrogens is 604 g/mol. The smallest absolute Gasteiger partial charge is 0.231 e. The van der Waals surface area contributed by atoms with Crippen LogP contribution in [0.4, 0.5) is 0 Å². The molecule has 3 aliphatic rings. The van der Waals surface area contributed by atoms with Gasteiger partial charge in [0.2, 0.25) is 18.5 Å². The van der Waals surface area contributed by atoms with Crippen molar-refractivity contribution < 1.29 is 73.3 Å². The van der Waals surface area contributed by atoms with Gasteiger partial charge in [0.1, 0.15) is 60.7 Å². The highest BCUT2D eigenvalue weighted by atomic mass is 16.7. The fourth-order valence-corrected chi connectivity index (χ4v) is 5.42. The van der Waals surface area contributed by atoms with E-state index in [4.69, 9.17) is 37.6 Å². The van der Waals surface area contributed by atoms with Crippen LogP contribution in [0.25, 0.3) is 22.1 Å². The standard InChI is InChI=1S/C29H32O16/c1-38-16-5-12-15(39-9-13(21(12)32)11-2-3-14-17(4-11)41-10-40-14)6-18(16)42-29-26(37)27(23(34)20(8-31)44-29)45-28-25(36)24(35)22(33)19(7-30)43-28/h2-6,9,19-20,22-31,33-37H,7-8,10H2,1H3. The molecule has 0 bridgehead atoms. The van der Waals surface area contributed by atoms with E-state index in [0.717, 1.165) is 0 Å². The summed E-state index contributed by atoms with van der Waals surface area (Å²) in [7, 11) is 1.32. The van der Waals surface area contributed by atoms with Crippen LogP contribution in [0.5, 0.6) is 23.0 Å². The summed E-state index contributed by atoms with van der Waals surface area (Å²) in [5.74, 6) is 1.04. The minimum atomic E-state index is -1.83. The number of aliphatic hydroxyl groups excluding tert-OH is 7. The predicted octanol–water partition coefficient (Wildman–Crippen LogP) is -1.80. The Labute approximate surface area is 254 Å². The maximum atomic E-state index is 13.5. The first kappa shape index (κ1) is 31.4. The van der Waals surface area contributed by atoms with Crippen LogP contribution in [0.2, 0.25) is 0 Å². The van der Waals surface area contributed by atoms with Crippen molar-refractivity contribution in [1.82, 2.24) is 0 Å². The van der Waals surface area contributed by atoms with Crippen molar-refractivity contribution in [2.45, 2.75) is 61.4 Å². The molecule has 0 aliphatic carbocycles. The second-order valence-corrected chi connectivity index (χ2v) is 10.7. The van der Waals surface area contributed by atoms with Crippen molar-refractivity contribution in [2.24, 2.45) is 0 Å². The molecule has 2 saturated heterocycles. The molecule has 10 unspecified atom stereocenters. The summed E-state index contributed by atoms with van der Waals surface area (Å²) >= 11 is 0. The lowest BCUT2D eigenvalue weighted by Gasteiger charge is -2.45. The molecule has 3 aliphatic heterocycles. The van der Waals surface area contributed by atoms with Crippen molar-refractivity contribution in [2.75, 3.05) is 27.1 Å². The lowest BCUT2D eigenvalue weighted by atomic mass is 9.97. The summed E-state index contributed by atoms with van der Waals surface area (Å²) in [6.07, 6.45) is -15.1. The van der Waals surface area contributed by atoms with E-state index in [-0.39, 0.29) is 40.3 Å². The molecule has 7 N–H and O–H groups in total. The quantitative estimate of drug-likeness (QED) is 0.144. The Bertz CT molecular complexity index is 1570. The number of aliphatic hydroxyl groups is 7. The molecule has 3 aromatic rings. The second kappa shape index (κ2) is 12.7. The van der Waals surface area contributed by atoms with Gasteiger partial charge in [0.25, 0.3) is 0 Å². The molecular formula is C29H32O16. The largest absolute Gasteiger partial charge is 0.493 e. The topological polar surface area (TPSA) is 236 Å². The Kier molecular flexibility index (Phi) is 8.86. The van der Waals surface area contributed by atoms with Gasteiger partial charge in [-0.25, -0.2) is 0 Å². The highest BCUT2D eigenvalue weighted by molar-refractivity contribution is 5.85. The molecule has 0 amide bonds. The maximum Gasteiger partial charge on any atom is 0.231 e. The number of rotatable bonds is 8. The van der Waals surface area contributed by atoms with Crippen molar-refractivity contribution in [3.8, 4) is 34.1 Å². The number of benzene rings is 2. The highest BCUT2D eigenvalue weighted by Crippen LogP contribution is 2.38. The summed E-state index contributed by atoms with van der Waals surface area (Å²) in [4.78, 5) is 13.5. The van der Waals surface area contributed by atoms with Gasteiger partial charge in [-0.15, -0.1) is 0 Å². The first-order chi connectivity index (χ1) is 21.6. The van der Waals surface area contributed by atoms with Gasteiger partial charge in [-0.1, -0.05) is 6.07 Å². The fraction of sp³-hybridized carbons (Fsp3) is 0.483. The van der Waals surface area contributed by atoms with Gasteiger partial charge >= 0.3 is 0 Å². The first-order valence-electron chi connectivity index (χ1n) is 13.9. The van der Waals surface area contributed by atoms with Crippen LogP contribution >= 0.6 is 0 Å². The molecule has 45 heavy (non-hydrogen) atoms. The third kappa shape index (κ3) is 5.70. The lowest BCUT2D eigenvalue weighted by Crippen LogP contribution is -2.65. The van der Waals surface area contributed by atoms with Crippen molar-refractivity contribution in [3.05, 3.63) is 46.8 Å². The Morgan fingerprint density at radius 3 is 2.24 bits per heavy atom. The van der Waals surface area contributed by atoms with Crippen LogP contribution in [-0.4, -0.2) is 124 Å². The summed E-state index contributed by atoms with van der Waals surface area (Å²) in [6, 6.07) is 7.74. The van der Waals surface area contributed by atoms with Crippen LogP contribution in [-0.2, 0) is 14.2 Å². The van der Waals surface area contributed by atoms with E-state index in [0.29, 0.717) is 17.1 Å². The van der Waals surface area contributed by atoms with E-state index in [2.05, 4.69) is 0 Å². The third-order valence-corrected chi connectivity index (χ3v) is 7.95. The van der Waals surface area contributed by atoms with Crippen LogP contribution in [0.3, 0.4) is 0 Å². The molecule has 0 saturated carbocycles. The molecule has 16 nitrogen and oxygen atoms in total. The number of hydrogen-bond acceptors (Lipinski definition) is 16. The Balaban J connectivity index is 1.27. The first-order valence-corrected chi connectivity index (χ1v) is 13.9. The summed E-state index contributed by atoms with van der Waals surface area (Å²) in [5.41, 5.74) is 0.492. The Morgan fingerprint density at radius 2 is 1.51 bits per heavy atom. The number of ether oxygens (including phenoxy) is 7. The van der Waals surface area contributed by atoms with E-state index in [1.54, 1.807) is 18.2 Å². The van der Waals surface area contributed by atoms with Gasteiger partial charge in [-0.3, -0.25) is 4.79 Å². The van der Waals surface area contributed by atoms with E-state index in [1.165, 1.54) is 25.5 Å². The molecule has 0 spiro atoms. The summed E-state index contributed by atoms with van der Waals surface area (Å²) in [6.45, 7) is -1.40. The zero-order chi connectivity index (χ0) is 32.0. The lowest BCUT2D eigenvalue weighted by molar-refractivity contribution is -0.352.